The first-order valence-electron chi connectivity index (χ1n) is 5.98. The summed E-state index contributed by atoms with van der Waals surface area (Å²) in [5.74, 6) is 2.01. The Morgan fingerprint density at radius 2 is 2.23 bits per heavy atom. The molecule has 0 radical (unpaired) electrons. The van der Waals surface area contributed by atoms with E-state index in [1.54, 1.807) is 0 Å². The van der Waals surface area contributed by atoms with Gasteiger partial charge in [-0.25, -0.2) is 0 Å². The van der Waals surface area contributed by atoms with Gasteiger partial charge in [0.15, 0.2) is 0 Å². The molecule has 0 aromatic heterocycles. The molecule has 13 heavy (non-hydrogen) atoms. The van der Waals surface area contributed by atoms with Crippen molar-refractivity contribution in [2.45, 2.75) is 51.9 Å². The fourth-order valence-corrected chi connectivity index (χ4v) is 3.72. The molecule has 2 saturated carbocycles. The van der Waals surface area contributed by atoms with Crippen LogP contribution in [0.25, 0.3) is 0 Å². The lowest BCUT2D eigenvalue weighted by Gasteiger charge is -2.48. The second-order valence-corrected chi connectivity index (χ2v) is 5.38. The molecule has 2 bridgehead atoms. The van der Waals surface area contributed by atoms with Crippen molar-refractivity contribution in [3.63, 3.8) is 0 Å². The molecule has 2 rings (SSSR count). The molecular weight excluding hydrogens is 158 g/mol. The molecule has 1 heteroatoms. The summed E-state index contributed by atoms with van der Waals surface area (Å²) in [4.78, 5) is 0. The molecular formula is C12H23N. The van der Waals surface area contributed by atoms with Crippen LogP contribution in [-0.2, 0) is 0 Å². The van der Waals surface area contributed by atoms with E-state index in [1.807, 2.05) is 0 Å². The minimum Gasteiger partial charge on any atom is -0.330 e. The summed E-state index contributed by atoms with van der Waals surface area (Å²) < 4.78 is 0. The molecule has 0 aromatic rings. The van der Waals surface area contributed by atoms with Crippen molar-refractivity contribution in [2.24, 2.45) is 23.0 Å². The zero-order valence-corrected chi connectivity index (χ0v) is 8.89. The smallest absolute Gasteiger partial charge is 0.00203 e. The number of rotatable bonds is 2. The summed E-state index contributed by atoms with van der Waals surface area (Å²) in [6, 6.07) is 0. The summed E-state index contributed by atoms with van der Waals surface area (Å²) in [6.07, 6.45) is 10.1. The molecule has 2 fully saturated rings. The Balaban J connectivity index is 2.08. The Bertz CT molecular complexity index is 178. The van der Waals surface area contributed by atoms with Crippen LogP contribution in [0.3, 0.4) is 0 Å². The maximum atomic E-state index is 5.96. The zero-order chi connectivity index (χ0) is 9.31. The monoisotopic (exact) mass is 181 g/mol. The molecule has 2 aliphatic carbocycles. The van der Waals surface area contributed by atoms with Gasteiger partial charge >= 0.3 is 0 Å². The van der Waals surface area contributed by atoms with Gasteiger partial charge in [0.25, 0.3) is 0 Å². The van der Waals surface area contributed by atoms with Gasteiger partial charge in [0.1, 0.15) is 0 Å². The van der Waals surface area contributed by atoms with Crippen LogP contribution in [0.15, 0.2) is 0 Å². The molecule has 3 atom stereocenters. The number of fused-ring (bicyclic) bond motifs is 2. The topological polar surface area (TPSA) is 26.0 Å². The van der Waals surface area contributed by atoms with Crippen molar-refractivity contribution in [1.29, 1.82) is 0 Å². The van der Waals surface area contributed by atoms with Crippen molar-refractivity contribution in [3.05, 3.63) is 0 Å². The average Bonchev–Trinajstić information content (AvgIpc) is 2.17. The highest BCUT2D eigenvalue weighted by atomic mass is 14.6. The normalized spacial score (nSPS) is 44.8. The molecule has 0 aromatic carbocycles. The van der Waals surface area contributed by atoms with E-state index in [0.29, 0.717) is 5.41 Å². The highest BCUT2D eigenvalue weighted by molar-refractivity contribution is 4.93. The van der Waals surface area contributed by atoms with Crippen LogP contribution in [0, 0.1) is 17.3 Å². The van der Waals surface area contributed by atoms with Crippen LogP contribution in [0.1, 0.15) is 51.9 Å². The fraction of sp³-hybridized carbons (Fsp3) is 1.00. The van der Waals surface area contributed by atoms with Gasteiger partial charge in [-0.15, -0.1) is 0 Å². The lowest BCUT2D eigenvalue weighted by molar-refractivity contribution is 0.0455. The van der Waals surface area contributed by atoms with Gasteiger partial charge in [0.05, 0.1) is 0 Å². The molecule has 0 aliphatic heterocycles. The van der Waals surface area contributed by atoms with Gasteiger partial charge in [-0.3, -0.25) is 0 Å². The third kappa shape index (κ3) is 1.76. The lowest BCUT2D eigenvalue weighted by atomic mass is 9.58. The largest absolute Gasteiger partial charge is 0.330 e. The van der Waals surface area contributed by atoms with Crippen molar-refractivity contribution in [1.82, 2.24) is 0 Å². The molecule has 0 saturated heterocycles. The van der Waals surface area contributed by atoms with Gasteiger partial charge in [-0.1, -0.05) is 26.2 Å². The van der Waals surface area contributed by atoms with Crippen LogP contribution in [0.2, 0.25) is 0 Å². The number of hydrogen-bond acceptors (Lipinski definition) is 1. The number of nitrogens with two attached hydrogens (primary N) is 1. The molecule has 76 valence electrons. The summed E-state index contributed by atoms with van der Waals surface area (Å²) in [5, 5.41) is 0. The summed E-state index contributed by atoms with van der Waals surface area (Å²) in [7, 11) is 0. The first-order chi connectivity index (χ1) is 6.28. The Hall–Kier alpha value is -0.0400. The van der Waals surface area contributed by atoms with Crippen LogP contribution in [0.4, 0.5) is 0 Å². The molecule has 3 unspecified atom stereocenters. The Morgan fingerprint density at radius 3 is 2.92 bits per heavy atom. The Kier molecular flexibility index (Phi) is 2.64. The van der Waals surface area contributed by atoms with Crippen LogP contribution < -0.4 is 5.73 Å². The molecule has 0 heterocycles. The first kappa shape index (κ1) is 9.51. The van der Waals surface area contributed by atoms with Gasteiger partial charge in [0.2, 0.25) is 0 Å². The van der Waals surface area contributed by atoms with E-state index in [9.17, 15) is 0 Å². The molecule has 2 aliphatic rings. The minimum atomic E-state index is 0.571. The van der Waals surface area contributed by atoms with Gasteiger partial charge in [0, 0.05) is 0 Å². The molecule has 2 N–H and O–H groups in total. The third-order valence-electron chi connectivity index (χ3n) is 4.44. The van der Waals surface area contributed by atoms with E-state index in [2.05, 4.69) is 6.92 Å². The minimum absolute atomic E-state index is 0.571. The molecule has 0 amide bonds. The maximum absolute atomic E-state index is 5.96. The summed E-state index contributed by atoms with van der Waals surface area (Å²) in [6.45, 7) is 3.29. The second kappa shape index (κ2) is 3.61. The van der Waals surface area contributed by atoms with Gasteiger partial charge in [-0.2, -0.15) is 0 Å². The van der Waals surface area contributed by atoms with Crippen molar-refractivity contribution >= 4 is 0 Å². The average molecular weight is 181 g/mol. The van der Waals surface area contributed by atoms with Crippen molar-refractivity contribution in [3.8, 4) is 0 Å². The zero-order valence-electron chi connectivity index (χ0n) is 8.89. The highest BCUT2D eigenvalue weighted by Gasteiger charge is 2.41. The fourth-order valence-electron chi connectivity index (χ4n) is 3.72. The van der Waals surface area contributed by atoms with E-state index in [0.717, 1.165) is 18.4 Å². The predicted molar refractivity (Wildman–Crippen MR) is 56.5 cm³/mol. The SMILES string of the molecule is CCC1CC2CCCC(CN)(C1)C2. The quantitative estimate of drug-likeness (QED) is 0.696. The van der Waals surface area contributed by atoms with Crippen LogP contribution in [0.5, 0.6) is 0 Å². The van der Waals surface area contributed by atoms with E-state index in [4.69, 9.17) is 5.73 Å². The predicted octanol–water partition coefficient (Wildman–Crippen LogP) is 2.94. The Morgan fingerprint density at radius 1 is 1.38 bits per heavy atom. The van der Waals surface area contributed by atoms with Crippen LogP contribution >= 0.6 is 0 Å². The van der Waals surface area contributed by atoms with E-state index >= 15 is 0 Å². The first-order valence-corrected chi connectivity index (χ1v) is 5.98. The second-order valence-electron chi connectivity index (χ2n) is 5.38. The summed E-state index contributed by atoms with van der Waals surface area (Å²) >= 11 is 0. The maximum Gasteiger partial charge on any atom is -0.00203 e. The van der Waals surface area contributed by atoms with Crippen molar-refractivity contribution in [2.75, 3.05) is 6.54 Å². The van der Waals surface area contributed by atoms with Gasteiger partial charge < -0.3 is 5.73 Å². The van der Waals surface area contributed by atoms with E-state index in [-0.39, 0.29) is 0 Å². The lowest BCUT2D eigenvalue weighted by Crippen LogP contribution is -2.41. The highest BCUT2D eigenvalue weighted by Crippen LogP contribution is 2.50. The van der Waals surface area contributed by atoms with E-state index in [1.165, 1.54) is 44.9 Å². The number of hydrogen-bond donors (Lipinski definition) is 1. The molecule has 0 spiro atoms. The Labute approximate surface area is 82.1 Å². The van der Waals surface area contributed by atoms with Crippen LogP contribution in [-0.4, -0.2) is 6.54 Å². The van der Waals surface area contributed by atoms with E-state index < -0.39 is 0 Å². The standard InChI is InChI=1S/C12H23N/c1-2-10-6-11-4-3-5-12(7-10,8-11)9-13/h10-11H,2-9,13H2,1H3. The van der Waals surface area contributed by atoms with Crippen molar-refractivity contribution < 1.29 is 0 Å². The molecule has 1 nitrogen and oxygen atoms in total. The summed E-state index contributed by atoms with van der Waals surface area (Å²) in [5.41, 5.74) is 6.53. The van der Waals surface area contributed by atoms with Gasteiger partial charge in [-0.05, 0) is 49.5 Å². The third-order valence-corrected chi connectivity index (χ3v) is 4.44.